The van der Waals surface area contributed by atoms with Crippen LogP contribution in [0.5, 0.6) is 5.75 Å². The van der Waals surface area contributed by atoms with Gasteiger partial charge in [0.15, 0.2) is 14.7 Å². The van der Waals surface area contributed by atoms with Gasteiger partial charge in [0, 0.05) is 6.92 Å². The zero-order valence-corrected chi connectivity index (χ0v) is 23.4. The molecule has 0 aliphatic heterocycles. The lowest BCUT2D eigenvalue weighted by Crippen LogP contribution is -2.30. The Morgan fingerprint density at radius 1 is 0.718 bits per heavy atom. The van der Waals surface area contributed by atoms with E-state index in [1.165, 1.54) is 21.6 Å². The third kappa shape index (κ3) is 5.79. The van der Waals surface area contributed by atoms with Crippen molar-refractivity contribution in [1.29, 1.82) is 0 Å². The van der Waals surface area contributed by atoms with Gasteiger partial charge in [0.25, 0.3) is 0 Å². The van der Waals surface area contributed by atoms with Gasteiger partial charge in [-0.3, -0.25) is 4.79 Å². The minimum Gasteiger partial charge on any atom is -0.451 e. The summed E-state index contributed by atoms with van der Waals surface area (Å²) in [5.74, 6) is -0.218. The average molecular weight is 538 g/mol. The van der Waals surface area contributed by atoms with Crippen molar-refractivity contribution in [3.63, 3.8) is 0 Å². The molecule has 4 aromatic rings. The van der Waals surface area contributed by atoms with E-state index >= 15 is 0 Å². The number of carbonyl (C=O) groups is 2. The van der Waals surface area contributed by atoms with Crippen molar-refractivity contribution in [2.75, 3.05) is 0 Å². The molecule has 39 heavy (non-hydrogen) atoms. The summed E-state index contributed by atoms with van der Waals surface area (Å²) < 4.78 is 11.7. The number of hydrogen-bond donors (Lipinski definition) is 0. The van der Waals surface area contributed by atoms with E-state index in [1.54, 1.807) is 6.07 Å². The summed E-state index contributed by atoms with van der Waals surface area (Å²) in [6, 6.07) is 32.7. The van der Waals surface area contributed by atoms with Crippen LogP contribution in [0.1, 0.15) is 59.7 Å². The molecule has 0 spiro atoms. The molecule has 5 heteroatoms. The average Bonchev–Trinajstić information content (AvgIpc) is 3.39. The maximum Gasteiger partial charge on any atom is 0.339 e. The summed E-state index contributed by atoms with van der Waals surface area (Å²) >= 11 is 0. The Kier molecular flexibility index (Phi) is 7.89. The Morgan fingerprint density at radius 2 is 1.28 bits per heavy atom. The zero-order chi connectivity index (χ0) is 27.4. The monoisotopic (exact) mass is 537 g/mol. The van der Waals surface area contributed by atoms with E-state index in [-0.39, 0.29) is 22.8 Å². The van der Waals surface area contributed by atoms with Gasteiger partial charge in [0.1, 0.15) is 11.4 Å². The second-order valence-electron chi connectivity index (χ2n) is 10.1. The Bertz CT molecular complexity index is 1410. The van der Waals surface area contributed by atoms with Crippen molar-refractivity contribution in [1.82, 2.24) is 0 Å². The van der Waals surface area contributed by atoms with E-state index in [0.29, 0.717) is 11.3 Å². The lowest BCUT2D eigenvalue weighted by molar-refractivity contribution is -0.131. The first-order chi connectivity index (χ1) is 18.9. The summed E-state index contributed by atoms with van der Waals surface area (Å²) in [4.78, 5) is 28.9. The Balaban J connectivity index is 1.49. The molecule has 5 rings (SSSR count). The second-order valence-corrected chi connectivity index (χ2v) is 12.1. The number of carbonyl (C=O) groups excluding carboxylic acids is 2. The van der Waals surface area contributed by atoms with Gasteiger partial charge in [-0.2, -0.15) is 0 Å². The van der Waals surface area contributed by atoms with Crippen LogP contribution in [0, 0.1) is 13.8 Å². The van der Waals surface area contributed by atoms with E-state index in [9.17, 15) is 9.59 Å². The molecular formula is C34H33O4S+. The lowest BCUT2D eigenvalue weighted by Gasteiger charge is -2.30. The molecule has 4 nitrogen and oxygen atoms in total. The SMILES string of the molecule is CC(=O)Oc1cccc(C2(OC(=O)c3c(C)cc([S+](c4ccccc4)c4ccccc4)cc3C)CCCC2)c1. The van der Waals surface area contributed by atoms with Crippen LogP contribution in [0.4, 0.5) is 0 Å². The molecule has 0 bridgehead atoms. The highest BCUT2D eigenvalue weighted by molar-refractivity contribution is 7.97. The largest absolute Gasteiger partial charge is 0.451 e. The molecular weight excluding hydrogens is 504 g/mol. The van der Waals surface area contributed by atoms with Crippen LogP contribution in [0.25, 0.3) is 0 Å². The van der Waals surface area contributed by atoms with Crippen LogP contribution in [0.3, 0.4) is 0 Å². The van der Waals surface area contributed by atoms with E-state index in [2.05, 4.69) is 60.7 Å². The predicted molar refractivity (Wildman–Crippen MR) is 154 cm³/mol. The van der Waals surface area contributed by atoms with E-state index in [1.807, 2.05) is 44.2 Å². The van der Waals surface area contributed by atoms with Crippen LogP contribution < -0.4 is 4.74 Å². The minimum atomic E-state index is -0.733. The first-order valence-electron chi connectivity index (χ1n) is 13.3. The minimum absolute atomic E-state index is 0.300. The van der Waals surface area contributed by atoms with Gasteiger partial charge in [-0.15, -0.1) is 0 Å². The number of rotatable bonds is 7. The molecule has 1 saturated carbocycles. The van der Waals surface area contributed by atoms with Crippen molar-refractivity contribution in [2.45, 2.75) is 66.7 Å². The van der Waals surface area contributed by atoms with Gasteiger partial charge in [0.2, 0.25) is 0 Å². The molecule has 1 fully saturated rings. The van der Waals surface area contributed by atoms with Gasteiger partial charge >= 0.3 is 11.9 Å². The molecule has 1 aliphatic carbocycles. The fourth-order valence-electron chi connectivity index (χ4n) is 5.52. The summed E-state index contributed by atoms with van der Waals surface area (Å²) in [6.45, 7) is 5.37. The third-order valence-electron chi connectivity index (χ3n) is 7.22. The van der Waals surface area contributed by atoms with E-state index < -0.39 is 5.60 Å². The van der Waals surface area contributed by atoms with Crippen LogP contribution >= 0.6 is 0 Å². The van der Waals surface area contributed by atoms with Gasteiger partial charge in [0.05, 0.1) is 16.5 Å². The van der Waals surface area contributed by atoms with Crippen LogP contribution in [0.2, 0.25) is 0 Å². The van der Waals surface area contributed by atoms with E-state index in [4.69, 9.17) is 9.47 Å². The molecule has 1 aliphatic rings. The molecule has 0 N–H and O–H groups in total. The molecule has 0 amide bonds. The molecule has 4 aromatic carbocycles. The van der Waals surface area contributed by atoms with Gasteiger partial charge in [-0.25, -0.2) is 4.79 Å². The molecule has 198 valence electrons. The topological polar surface area (TPSA) is 52.6 Å². The zero-order valence-electron chi connectivity index (χ0n) is 22.6. The number of benzene rings is 4. The summed E-state index contributed by atoms with van der Waals surface area (Å²) in [5.41, 5.74) is 2.56. The predicted octanol–water partition coefficient (Wildman–Crippen LogP) is 7.95. The van der Waals surface area contributed by atoms with Crippen molar-refractivity contribution in [3.8, 4) is 5.75 Å². The van der Waals surface area contributed by atoms with E-state index in [0.717, 1.165) is 42.4 Å². The highest BCUT2D eigenvalue weighted by atomic mass is 32.2. The first kappa shape index (κ1) is 26.8. The fourth-order valence-corrected chi connectivity index (χ4v) is 7.78. The van der Waals surface area contributed by atoms with Gasteiger partial charge in [-0.05, 0) is 105 Å². The first-order valence-corrected chi connectivity index (χ1v) is 14.6. The fraction of sp³-hybridized carbons (Fsp3) is 0.235. The molecule has 0 radical (unpaired) electrons. The smallest absolute Gasteiger partial charge is 0.339 e. The summed E-state index contributed by atoms with van der Waals surface area (Å²) in [5, 5.41) is 0. The van der Waals surface area contributed by atoms with Crippen molar-refractivity contribution < 1.29 is 19.1 Å². The molecule has 0 aromatic heterocycles. The molecule has 0 heterocycles. The molecule has 0 unspecified atom stereocenters. The van der Waals surface area contributed by atoms with Gasteiger partial charge < -0.3 is 9.47 Å². The van der Waals surface area contributed by atoms with Crippen LogP contribution in [0.15, 0.2) is 112 Å². The highest BCUT2D eigenvalue weighted by Gasteiger charge is 2.41. The van der Waals surface area contributed by atoms with Crippen molar-refractivity contribution >= 4 is 22.8 Å². The Hall–Kier alpha value is -3.83. The maximum absolute atomic E-state index is 13.8. The lowest BCUT2D eigenvalue weighted by atomic mass is 9.91. The van der Waals surface area contributed by atoms with Gasteiger partial charge in [-0.1, -0.05) is 48.5 Å². The molecule has 0 atom stereocenters. The standard InChI is InChI=1S/C34H33O4S/c1-24-21-31(39(29-15-6-4-7-16-29)30-17-8-5-9-18-30)22-25(2)32(24)33(36)38-34(19-10-11-20-34)27-13-12-14-28(23-27)37-26(3)35/h4-9,12-18,21-23H,10-11,19-20H2,1-3H3/q+1. The third-order valence-corrected chi connectivity index (χ3v) is 9.42. The van der Waals surface area contributed by atoms with Crippen LogP contribution in [-0.4, -0.2) is 11.9 Å². The summed E-state index contributed by atoms with van der Waals surface area (Å²) in [6.07, 6.45) is 3.42. The Morgan fingerprint density at radius 3 is 1.82 bits per heavy atom. The number of aryl methyl sites for hydroxylation is 2. The number of esters is 2. The van der Waals surface area contributed by atoms with Crippen molar-refractivity contribution in [3.05, 3.63) is 119 Å². The summed E-state index contributed by atoms with van der Waals surface area (Å²) in [7, 11) is -0.300. The second kappa shape index (κ2) is 11.5. The van der Waals surface area contributed by atoms with Crippen molar-refractivity contribution in [2.24, 2.45) is 0 Å². The Labute approximate surface area is 233 Å². The quantitative estimate of drug-likeness (QED) is 0.136. The molecule has 0 saturated heterocycles. The van der Waals surface area contributed by atoms with Crippen LogP contribution in [-0.2, 0) is 26.0 Å². The highest BCUT2D eigenvalue weighted by Crippen LogP contribution is 2.44. The maximum atomic E-state index is 13.8. The number of ether oxygens (including phenoxy) is 2. The normalized spacial score (nSPS) is 14.3. The number of hydrogen-bond acceptors (Lipinski definition) is 4.